The molecule has 0 amide bonds. The number of nitrogens with zero attached hydrogens (tertiary/aromatic N) is 1. The van der Waals surface area contributed by atoms with E-state index < -0.39 is 5.97 Å². The Morgan fingerprint density at radius 2 is 1.76 bits per heavy atom. The maximum atomic E-state index is 13.9. The zero-order valence-corrected chi connectivity index (χ0v) is 15.3. The number of hydrogen-bond donors (Lipinski definition) is 1. The second-order valence-corrected chi connectivity index (χ2v) is 6.62. The van der Waals surface area contributed by atoms with Crippen molar-refractivity contribution < 1.29 is 23.4 Å². The second kappa shape index (κ2) is 7.75. The van der Waals surface area contributed by atoms with Crippen LogP contribution in [0.3, 0.4) is 0 Å². The first-order valence-corrected chi connectivity index (χ1v) is 8.99. The van der Waals surface area contributed by atoms with Crippen LogP contribution in [0.25, 0.3) is 10.9 Å². The Balaban J connectivity index is 1.73. The third-order valence-corrected chi connectivity index (χ3v) is 4.70. The van der Waals surface area contributed by atoms with E-state index in [4.69, 9.17) is 4.74 Å². The van der Waals surface area contributed by atoms with Crippen LogP contribution in [0.5, 0.6) is 5.75 Å². The van der Waals surface area contributed by atoms with Gasteiger partial charge < -0.3 is 14.4 Å². The Morgan fingerprint density at radius 3 is 2.52 bits per heavy atom. The molecule has 0 aliphatic heterocycles. The summed E-state index contributed by atoms with van der Waals surface area (Å²) in [5.74, 6) is -1.40. The largest absolute Gasteiger partial charge is 0.488 e. The molecule has 4 rings (SSSR count). The number of aromatic carboxylic acids is 1. The molecule has 0 saturated heterocycles. The first kappa shape index (κ1) is 18.7. The number of ether oxygens (including phenoxy) is 1. The highest BCUT2D eigenvalue weighted by atomic mass is 19.1. The lowest BCUT2D eigenvalue weighted by Gasteiger charge is -2.11. The third kappa shape index (κ3) is 3.82. The molecule has 6 heteroatoms. The Morgan fingerprint density at radius 1 is 0.966 bits per heavy atom. The van der Waals surface area contributed by atoms with Gasteiger partial charge in [-0.2, -0.15) is 0 Å². The number of fused-ring (bicyclic) bond motifs is 1. The molecule has 3 aromatic carbocycles. The molecule has 0 atom stereocenters. The SMILES string of the molecule is O=C(O)c1cc2c(OCc3ccccc3F)cccc2n1Cc1cccc(F)c1. The summed E-state index contributed by atoms with van der Waals surface area (Å²) in [5, 5.41) is 10.2. The molecule has 0 bridgehead atoms. The van der Waals surface area contributed by atoms with Crippen molar-refractivity contribution in [1.29, 1.82) is 0 Å². The van der Waals surface area contributed by atoms with E-state index in [2.05, 4.69) is 0 Å². The van der Waals surface area contributed by atoms with Crippen LogP contribution >= 0.6 is 0 Å². The maximum Gasteiger partial charge on any atom is 0.352 e. The summed E-state index contributed by atoms with van der Waals surface area (Å²) < 4.78 is 34.8. The van der Waals surface area contributed by atoms with Crippen LogP contribution in [0.4, 0.5) is 8.78 Å². The van der Waals surface area contributed by atoms with Gasteiger partial charge in [0.05, 0.1) is 5.52 Å². The van der Waals surface area contributed by atoms with Gasteiger partial charge >= 0.3 is 5.97 Å². The van der Waals surface area contributed by atoms with Gasteiger partial charge in [0.15, 0.2) is 0 Å². The van der Waals surface area contributed by atoms with Gasteiger partial charge in [0.25, 0.3) is 0 Å². The Labute approximate surface area is 165 Å². The Bertz CT molecular complexity index is 1200. The number of carbonyl (C=O) groups is 1. The van der Waals surface area contributed by atoms with Crippen LogP contribution < -0.4 is 4.74 Å². The summed E-state index contributed by atoms with van der Waals surface area (Å²) in [4.78, 5) is 11.8. The van der Waals surface area contributed by atoms with E-state index in [1.54, 1.807) is 53.1 Å². The summed E-state index contributed by atoms with van der Waals surface area (Å²) in [6.07, 6.45) is 0. The van der Waals surface area contributed by atoms with Crippen molar-refractivity contribution in [3.63, 3.8) is 0 Å². The lowest BCUT2D eigenvalue weighted by atomic mass is 10.2. The minimum atomic E-state index is -1.10. The Kier molecular flexibility index (Phi) is 4.99. The zero-order chi connectivity index (χ0) is 20.4. The molecule has 0 saturated carbocycles. The predicted octanol–water partition coefficient (Wildman–Crippen LogP) is 5.25. The van der Waals surface area contributed by atoms with E-state index >= 15 is 0 Å². The molecule has 1 N–H and O–H groups in total. The number of benzene rings is 3. The molecule has 1 heterocycles. The Hall–Kier alpha value is -3.67. The van der Waals surface area contributed by atoms with Gasteiger partial charge in [0.2, 0.25) is 0 Å². The molecule has 0 unspecified atom stereocenters. The van der Waals surface area contributed by atoms with E-state index in [1.807, 2.05) is 0 Å². The minimum absolute atomic E-state index is 0.0171. The molecule has 4 nitrogen and oxygen atoms in total. The van der Waals surface area contributed by atoms with Gasteiger partial charge in [0, 0.05) is 17.5 Å². The quantitative estimate of drug-likeness (QED) is 0.487. The minimum Gasteiger partial charge on any atom is -0.488 e. The van der Waals surface area contributed by atoms with Gasteiger partial charge in [-0.3, -0.25) is 0 Å². The smallest absolute Gasteiger partial charge is 0.352 e. The highest BCUT2D eigenvalue weighted by Crippen LogP contribution is 2.30. The van der Waals surface area contributed by atoms with E-state index in [9.17, 15) is 18.7 Å². The van der Waals surface area contributed by atoms with E-state index in [0.717, 1.165) is 0 Å². The van der Waals surface area contributed by atoms with Gasteiger partial charge in [-0.25, -0.2) is 13.6 Å². The van der Waals surface area contributed by atoms with Gasteiger partial charge in [0.1, 0.15) is 29.7 Å². The lowest BCUT2D eigenvalue weighted by Crippen LogP contribution is -2.09. The molecule has 0 fully saturated rings. The number of rotatable bonds is 6. The molecule has 1 aromatic heterocycles. The monoisotopic (exact) mass is 393 g/mol. The van der Waals surface area contributed by atoms with Crippen LogP contribution in [0, 0.1) is 11.6 Å². The number of carboxylic acid groups (broad SMARTS) is 1. The predicted molar refractivity (Wildman–Crippen MR) is 105 cm³/mol. The average Bonchev–Trinajstić information content (AvgIpc) is 3.07. The summed E-state index contributed by atoms with van der Waals surface area (Å²) in [5.41, 5.74) is 1.74. The van der Waals surface area contributed by atoms with E-state index in [-0.39, 0.29) is 30.5 Å². The first-order valence-electron chi connectivity index (χ1n) is 8.99. The van der Waals surface area contributed by atoms with Crippen LogP contribution in [0.1, 0.15) is 21.6 Å². The summed E-state index contributed by atoms with van der Waals surface area (Å²) in [6, 6.07) is 19.1. The molecule has 146 valence electrons. The molecule has 29 heavy (non-hydrogen) atoms. The van der Waals surface area contributed by atoms with Crippen molar-refractivity contribution >= 4 is 16.9 Å². The normalized spacial score (nSPS) is 11.0. The fourth-order valence-electron chi connectivity index (χ4n) is 3.32. The highest BCUT2D eigenvalue weighted by Gasteiger charge is 2.18. The van der Waals surface area contributed by atoms with Gasteiger partial charge in [-0.1, -0.05) is 36.4 Å². The van der Waals surface area contributed by atoms with Crippen molar-refractivity contribution in [1.82, 2.24) is 4.57 Å². The fourth-order valence-corrected chi connectivity index (χ4v) is 3.32. The highest BCUT2D eigenvalue weighted by molar-refractivity contribution is 5.97. The molecule has 0 spiro atoms. The zero-order valence-electron chi connectivity index (χ0n) is 15.3. The van der Waals surface area contributed by atoms with Gasteiger partial charge in [-0.05, 0) is 42.0 Å². The number of halogens is 2. The number of aromatic nitrogens is 1. The molecule has 0 aliphatic rings. The average molecular weight is 393 g/mol. The lowest BCUT2D eigenvalue weighted by molar-refractivity contribution is 0.0686. The summed E-state index contributed by atoms with van der Waals surface area (Å²) >= 11 is 0. The van der Waals surface area contributed by atoms with Crippen molar-refractivity contribution in [2.75, 3.05) is 0 Å². The molecule has 4 aromatic rings. The van der Waals surface area contributed by atoms with Crippen molar-refractivity contribution in [3.05, 3.63) is 101 Å². The standard InChI is InChI=1S/C23H17F2NO3/c24-17-7-3-5-15(11-17)13-26-20-9-4-10-22(18(20)12-21(26)23(27)28)29-14-16-6-1-2-8-19(16)25/h1-12H,13-14H2,(H,27,28). The first-order chi connectivity index (χ1) is 14.0. The van der Waals surface area contributed by atoms with E-state index in [1.165, 1.54) is 24.3 Å². The van der Waals surface area contributed by atoms with Crippen molar-refractivity contribution in [2.45, 2.75) is 13.2 Å². The van der Waals surface area contributed by atoms with Crippen LogP contribution in [-0.2, 0) is 13.2 Å². The number of carboxylic acids is 1. The van der Waals surface area contributed by atoms with Crippen LogP contribution in [-0.4, -0.2) is 15.6 Å². The maximum absolute atomic E-state index is 13.9. The van der Waals surface area contributed by atoms with Crippen LogP contribution in [0.2, 0.25) is 0 Å². The van der Waals surface area contributed by atoms with Crippen LogP contribution in [0.15, 0.2) is 72.8 Å². The summed E-state index contributed by atoms with van der Waals surface area (Å²) in [6.45, 7) is 0.211. The molecule has 0 radical (unpaired) electrons. The number of hydrogen-bond acceptors (Lipinski definition) is 2. The fraction of sp³-hybridized carbons (Fsp3) is 0.0870. The van der Waals surface area contributed by atoms with Gasteiger partial charge in [-0.15, -0.1) is 0 Å². The second-order valence-electron chi connectivity index (χ2n) is 6.62. The molecular formula is C23H17F2NO3. The third-order valence-electron chi connectivity index (χ3n) is 4.70. The molecule has 0 aliphatic carbocycles. The van der Waals surface area contributed by atoms with E-state index in [0.29, 0.717) is 27.8 Å². The van der Waals surface area contributed by atoms with Crippen molar-refractivity contribution in [3.8, 4) is 5.75 Å². The van der Waals surface area contributed by atoms with Crippen molar-refractivity contribution in [2.24, 2.45) is 0 Å². The summed E-state index contributed by atoms with van der Waals surface area (Å²) in [7, 11) is 0. The topological polar surface area (TPSA) is 51.5 Å². The molecular weight excluding hydrogens is 376 g/mol.